The summed E-state index contributed by atoms with van der Waals surface area (Å²) in [5.41, 5.74) is 1.69. The van der Waals surface area contributed by atoms with Gasteiger partial charge in [-0.15, -0.1) is 0 Å². The molecule has 2 aliphatic rings. The summed E-state index contributed by atoms with van der Waals surface area (Å²) >= 11 is 0. The average Bonchev–Trinajstić information content (AvgIpc) is 3.14. The fourth-order valence-electron chi connectivity index (χ4n) is 2.62. The molecule has 0 spiro atoms. The fourth-order valence-corrected chi connectivity index (χ4v) is 4.17. The zero-order chi connectivity index (χ0) is 13.0. The van der Waals surface area contributed by atoms with Crippen LogP contribution in [0.5, 0.6) is 0 Å². The topological polar surface area (TPSA) is 72.0 Å². The van der Waals surface area contributed by atoms with Crippen LogP contribution >= 0.6 is 0 Å². The highest BCUT2D eigenvalue weighted by molar-refractivity contribution is 7.91. The third-order valence-electron chi connectivity index (χ3n) is 3.74. The van der Waals surface area contributed by atoms with E-state index in [0.717, 1.165) is 35.1 Å². The highest BCUT2D eigenvalue weighted by Crippen LogP contribution is 2.36. The molecule has 0 amide bonds. The van der Waals surface area contributed by atoms with Crippen molar-refractivity contribution in [2.75, 3.05) is 11.1 Å². The van der Waals surface area contributed by atoms with Gasteiger partial charge in [-0.2, -0.15) is 0 Å². The van der Waals surface area contributed by atoms with Crippen LogP contribution in [0.15, 0.2) is 23.4 Å². The predicted molar refractivity (Wildman–Crippen MR) is 71.9 cm³/mol. The van der Waals surface area contributed by atoms with Gasteiger partial charge in [0.05, 0.1) is 16.2 Å². The van der Waals surface area contributed by atoms with Gasteiger partial charge >= 0.3 is 0 Å². The van der Waals surface area contributed by atoms with Crippen LogP contribution in [0, 0.1) is 0 Å². The van der Waals surface area contributed by atoms with E-state index in [1.807, 2.05) is 0 Å². The quantitative estimate of drug-likeness (QED) is 0.900. The molecule has 4 rings (SSSR count). The molecule has 5 nitrogen and oxygen atoms in total. The molecule has 1 saturated carbocycles. The largest absolute Gasteiger partial charge is 0.367 e. The van der Waals surface area contributed by atoms with Crippen LogP contribution in [0.1, 0.15) is 18.4 Å². The van der Waals surface area contributed by atoms with Crippen molar-refractivity contribution in [1.29, 1.82) is 0 Å². The zero-order valence-electron chi connectivity index (χ0n) is 10.3. The first-order chi connectivity index (χ1) is 9.15. The number of sulfone groups is 1. The molecule has 19 heavy (non-hydrogen) atoms. The summed E-state index contributed by atoms with van der Waals surface area (Å²) in [5.74, 6) is 0.973. The van der Waals surface area contributed by atoms with E-state index >= 15 is 0 Å². The van der Waals surface area contributed by atoms with Crippen LogP contribution in [-0.2, 0) is 16.3 Å². The average molecular weight is 275 g/mol. The van der Waals surface area contributed by atoms with E-state index < -0.39 is 9.84 Å². The van der Waals surface area contributed by atoms with Crippen LogP contribution in [0.2, 0.25) is 0 Å². The second-order valence-corrected chi connectivity index (χ2v) is 7.22. The Labute approximate surface area is 111 Å². The van der Waals surface area contributed by atoms with Gasteiger partial charge in [0.15, 0.2) is 9.84 Å². The van der Waals surface area contributed by atoms with Gasteiger partial charge in [0.25, 0.3) is 0 Å². The molecule has 1 N–H and O–H groups in total. The van der Waals surface area contributed by atoms with Crippen LogP contribution in [0.25, 0.3) is 10.9 Å². The lowest BCUT2D eigenvalue weighted by Crippen LogP contribution is -2.05. The van der Waals surface area contributed by atoms with Crippen molar-refractivity contribution in [3.05, 3.63) is 24.0 Å². The maximum Gasteiger partial charge on any atom is 0.179 e. The Bertz CT molecular complexity index is 782. The summed E-state index contributed by atoms with van der Waals surface area (Å²) in [5, 5.41) is 4.25. The number of hydrogen-bond donors (Lipinski definition) is 1. The molecule has 0 atom stereocenters. The van der Waals surface area contributed by atoms with E-state index in [1.54, 1.807) is 12.1 Å². The molecule has 2 aromatic rings. The van der Waals surface area contributed by atoms with E-state index in [-0.39, 0.29) is 5.75 Å². The maximum atomic E-state index is 12.0. The summed E-state index contributed by atoms with van der Waals surface area (Å²) < 4.78 is 24.0. The van der Waals surface area contributed by atoms with Gasteiger partial charge in [0.1, 0.15) is 12.1 Å². The van der Waals surface area contributed by atoms with Gasteiger partial charge in [-0.3, -0.25) is 0 Å². The minimum absolute atomic E-state index is 0.194. The fraction of sp³-hybridized carbons (Fsp3) is 0.385. The van der Waals surface area contributed by atoms with E-state index in [0.29, 0.717) is 17.4 Å². The zero-order valence-corrected chi connectivity index (χ0v) is 11.1. The first-order valence-corrected chi connectivity index (χ1v) is 8.06. The van der Waals surface area contributed by atoms with Crippen molar-refractivity contribution >= 4 is 26.6 Å². The lowest BCUT2D eigenvalue weighted by molar-refractivity contribution is 0.600. The molecule has 98 valence electrons. The molecular weight excluding hydrogens is 262 g/mol. The van der Waals surface area contributed by atoms with E-state index in [9.17, 15) is 8.42 Å². The predicted octanol–water partition coefficient (Wildman–Crippen LogP) is 1.53. The van der Waals surface area contributed by atoms with Gasteiger partial charge in [-0.25, -0.2) is 18.4 Å². The molecule has 1 aliphatic heterocycles. The SMILES string of the molecule is O=S1(=O)CCc2c1ccc1ncnc(NC3CC3)c21. The summed E-state index contributed by atoms with van der Waals surface area (Å²) in [6, 6.07) is 3.93. The lowest BCUT2D eigenvalue weighted by atomic mass is 10.1. The second kappa shape index (κ2) is 3.66. The van der Waals surface area contributed by atoms with E-state index in [1.165, 1.54) is 6.33 Å². The Kier molecular flexibility index (Phi) is 2.15. The molecule has 0 unspecified atom stereocenters. The van der Waals surface area contributed by atoms with Crippen molar-refractivity contribution in [2.45, 2.75) is 30.2 Å². The van der Waals surface area contributed by atoms with Gasteiger partial charge in [-0.05, 0) is 37.0 Å². The Morgan fingerprint density at radius 1 is 1.21 bits per heavy atom. The summed E-state index contributed by atoms with van der Waals surface area (Å²) in [7, 11) is -3.11. The minimum Gasteiger partial charge on any atom is -0.367 e. The van der Waals surface area contributed by atoms with Crippen LogP contribution in [0.4, 0.5) is 5.82 Å². The van der Waals surface area contributed by atoms with E-state index in [4.69, 9.17) is 0 Å². The first-order valence-electron chi connectivity index (χ1n) is 6.41. The molecule has 6 heteroatoms. The van der Waals surface area contributed by atoms with Crippen molar-refractivity contribution in [3.8, 4) is 0 Å². The first kappa shape index (κ1) is 11.2. The second-order valence-electron chi connectivity index (χ2n) is 5.15. The monoisotopic (exact) mass is 275 g/mol. The van der Waals surface area contributed by atoms with Crippen LogP contribution in [-0.4, -0.2) is 30.2 Å². The minimum atomic E-state index is -3.11. The number of hydrogen-bond acceptors (Lipinski definition) is 5. The molecule has 0 bridgehead atoms. The maximum absolute atomic E-state index is 12.0. The molecule has 1 aromatic carbocycles. The lowest BCUT2D eigenvalue weighted by Gasteiger charge is -2.10. The summed E-state index contributed by atoms with van der Waals surface area (Å²) in [4.78, 5) is 9.00. The molecule has 1 aliphatic carbocycles. The Balaban J connectivity index is 2.01. The molecular formula is C13H13N3O2S. The number of anilines is 1. The number of nitrogens with zero attached hydrogens (tertiary/aromatic N) is 2. The smallest absolute Gasteiger partial charge is 0.179 e. The van der Waals surface area contributed by atoms with Crippen molar-refractivity contribution in [3.63, 3.8) is 0 Å². The Hall–Kier alpha value is -1.69. The Morgan fingerprint density at radius 2 is 2.05 bits per heavy atom. The Morgan fingerprint density at radius 3 is 2.84 bits per heavy atom. The number of rotatable bonds is 2. The molecule has 1 aromatic heterocycles. The number of aryl methyl sites for hydroxylation is 1. The summed E-state index contributed by atoms with van der Waals surface area (Å²) in [6.45, 7) is 0. The molecule has 1 fully saturated rings. The molecule has 0 radical (unpaired) electrons. The third-order valence-corrected chi connectivity index (χ3v) is 5.54. The van der Waals surface area contributed by atoms with Gasteiger partial charge in [0.2, 0.25) is 0 Å². The summed E-state index contributed by atoms with van der Waals surface area (Å²) in [6.07, 6.45) is 4.39. The normalized spacial score (nSPS) is 20.4. The number of nitrogens with one attached hydrogen (secondary N) is 1. The number of benzene rings is 1. The molecule has 2 heterocycles. The highest BCUT2D eigenvalue weighted by Gasteiger charge is 2.30. The van der Waals surface area contributed by atoms with Crippen molar-refractivity contribution in [1.82, 2.24) is 9.97 Å². The highest BCUT2D eigenvalue weighted by atomic mass is 32.2. The van der Waals surface area contributed by atoms with Crippen LogP contribution in [0.3, 0.4) is 0 Å². The van der Waals surface area contributed by atoms with Gasteiger partial charge in [-0.1, -0.05) is 0 Å². The van der Waals surface area contributed by atoms with E-state index in [2.05, 4.69) is 15.3 Å². The number of aromatic nitrogens is 2. The van der Waals surface area contributed by atoms with Gasteiger partial charge in [0, 0.05) is 11.4 Å². The van der Waals surface area contributed by atoms with Gasteiger partial charge < -0.3 is 5.32 Å². The van der Waals surface area contributed by atoms with Crippen molar-refractivity contribution in [2.24, 2.45) is 0 Å². The van der Waals surface area contributed by atoms with Crippen LogP contribution < -0.4 is 5.32 Å². The number of fused-ring (bicyclic) bond motifs is 3. The third kappa shape index (κ3) is 1.70. The standard InChI is InChI=1S/C13H13N3O2S/c17-19(18)6-5-9-11(19)4-3-10-12(9)13(15-7-14-10)16-8-1-2-8/h3-4,7-8H,1-2,5-6H2,(H,14,15,16). The van der Waals surface area contributed by atoms with Crippen molar-refractivity contribution < 1.29 is 8.42 Å². The molecule has 0 saturated heterocycles.